The number of aromatic nitrogens is 1. The number of pyridine rings is 1. The third-order valence-corrected chi connectivity index (χ3v) is 3.12. The number of hydrogen-bond acceptors (Lipinski definition) is 4. The molecule has 2 aromatic rings. The zero-order valence-corrected chi connectivity index (χ0v) is 11.8. The monoisotopic (exact) mass is 292 g/mol. The molecule has 2 rings (SSSR count). The van der Waals surface area contributed by atoms with Gasteiger partial charge in [-0.1, -0.05) is 17.7 Å². The van der Waals surface area contributed by atoms with E-state index in [0.717, 1.165) is 5.69 Å². The molecule has 0 spiro atoms. The standard InChI is InChI=1S/C14H13ClN2O3/c1-17(9-4-3-5-10(8-9)20-2)12-7-6-11(15)13(16-12)14(18)19/h3-8H,1-2H3,(H,18,19). The number of anilines is 2. The van der Waals surface area contributed by atoms with Crippen LogP contribution in [-0.2, 0) is 0 Å². The van der Waals surface area contributed by atoms with Gasteiger partial charge >= 0.3 is 5.97 Å². The molecule has 1 aromatic heterocycles. The molecule has 104 valence electrons. The topological polar surface area (TPSA) is 62.7 Å². The van der Waals surface area contributed by atoms with E-state index < -0.39 is 5.97 Å². The molecule has 0 unspecified atom stereocenters. The van der Waals surface area contributed by atoms with E-state index in [0.29, 0.717) is 11.6 Å². The van der Waals surface area contributed by atoms with Crippen LogP contribution < -0.4 is 9.64 Å². The quantitative estimate of drug-likeness (QED) is 0.937. The summed E-state index contributed by atoms with van der Waals surface area (Å²) in [5, 5.41) is 9.15. The fourth-order valence-electron chi connectivity index (χ4n) is 1.72. The van der Waals surface area contributed by atoms with Crippen LogP contribution in [0.25, 0.3) is 0 Å². The van der Waals surface area contributed by atoms with Crippen LogP contribution in [0.4, 0.5) is 11.5 Å². The number of carboxylic acid groups (broad SMARTS) is 1. The molecule has 0 aliphatic heterocycles. The average Bonchev–Trinajstić information content (AvgIpc) is 2.46. The van der Waals surface area contributed by atoms with Gasteiger partial charge in [0, 0.05) is 18.8 Å². The van der Waals surface area contributed by atoms with Crippen molar-refractivity contribution in [1.29, 1.82) is 0 Å². The number of methoxy groups -OCH3 is 1. The first-order chi connectivity index (χ1) is 9.52. The molecule has 0 amide bonds. The molecule has 6 heteroatoms. The summed E-state index contributed by atoms with van der Waals surface area (Å²) >= 11 is 5.81. The maximum atomic E-state index is 11.0. The van der Waals surface area contributed by atoms with Gasteiger partial charge in [-0.05, 0) is 24.3 Å². The first kappa shape index (κ1) is 14.1. The van der Waals surface area contributed by atoms with E-state index in [2.05, 4.69) is 4.98 Å². The number of carboxylic acids is 1. The molecule has 0 radical (unpaired) electrons. The highest BCUT2D eigenvalue weighted by atomic mass is 35.5. The zero-order valence-electron chi connectivity index (χ0n) is 11.0. The number of benzene rings is 1. The maximum absolute atomic E-state index is 11.0. The van der Waals surface area contributed by atoms with Crippen LogP contribution in [0.3, 0.4) is 0 Å². The molecule has 1 aromatic carbocycles. The maximum Gasteiger partial charge on any atom is 0.356 e. The Morgan fingerprint density at radius 1 is 1.35 bits per heavy atom. The lowest BCUT2D eigenvalue weighted by atomic mass is 10.2. The molecular formula is C14H13ClN2O3. The molecule has 0 fully saturated rings. The highest BCUT2D eigenvalue weighted by Gasteiger charge is 2.14. The number of nitrogens with zero attached hydrogens (tertiary/aromatic N) is 2. The molecule has 1 heterocycles. The van der Waals surface area contributed by atoms with E-state index in [9.17, 15) is 4.79 Å². The van der Waals surface area contributed by atoms with E-state index in [4.69, 9.17) is 21.4 Å². The summed E-state index contributed by atoms with van der Waals surface area (Å²) in [5.74, 6) is 0.0396. The van der Waals surface area contributed by atoms with Gasteiger partial charge in [-0.25, -0.2) is 9.78 Å². The van der Waals surface area contributed by atoms with Gasteiger partial charge in [0.05, 0.1) is 12.1 Å². The predicted octanol–water partition coefficient (Wildman–Crippen LogP) is 3.21. The number of carbonyl (C=O) groups is 1. The Hall–Kier alpha value is -2.27. The van der Waals surface area contributed by atoms with E-state index in [-0.39, 0.29) is 10.7 Å². The van der Waals surface area contributed by atoms with E-state index in [1.165, 1.54) is 6.07 Å². The summed E-state index contributed by atoms with van der Waals surface area (Å²) in [5.41, 5.74) is 0.662. The summed E-state index contributed by atoms with van der Waals surface area (Å²) in [6, 6.07) is 10.6. The SMILES string of the molecule is COc1cccc(N(C)c2ccc(Cl)c(C(=O)O)n2)c1. The van der Waals surface area contributed by atoms with E-state index in [1.807, 2.05) is 24.3 Å². The van der Waals surface area contributed by atoms with Crippen LogP contribution in [0, 0.1) is 0 Å². The summed E-state index contributed by atoms with van der Waals surface area (Å²) < 4.78 is 5.16. The van der Waals surface area contributed by atoms with Crippen molar-refractivity contribution in [2.75, 3.05) is 19.1 Å². The Morgan fingerprint density at radius 3 is 2.75 bits per heavy atom. The van der Waals surface area contributed by atoms with Crippen molar-refractivity contribution in [3.05, 3.63) is 47.1 Å². The van der Waals surface area contributed by atoms with E-state index in [1.54, 1.807) is 25.1 Å². The van der Waals surface area contributed by atoms with Gasteiger partial charge in [0.2, 0.25) is 0 Å². The molecule has 0 aliphatic carbocycles. The van der Waals surface area contributed by atoms with Gasteiger partial charge in [-0.3, -0.25) is 0 Å². The lowest BCUT2D eigenvalue weighted by Crippen LogP contribution is -2.13. The number of ether oxygens (including phenoxy) is 1. The second-order valence-electron chi connectivity index (χ2n) is 4.07. The van der Waals surface area contributed by atoms with Gasteiger partial charge in [-0.2, -0.15) is 0 Å². The Morgan fingerprint density at radius 2 is 2.10 bits per heavy atom. The molecular weight excluding hydrogens is 280 g/mol. The number of halogens is 1. The third-order valence-electron chi connectivity index (χ3n) is 2.82. The fourth-order valence-corrected chi connectivity index (χ4v) is 1.91. The molecule has 20 heavy (non-hydrogen) atoms. The van der Waals surface area contributed by atoms with Crippen LogP contribution in [-0.4, -0.2) is 30.2 Å². The minimum absolute atomic E-state index is 0.111. The number of rotatable bonds is 4. The Labute approximate surface area is 121 Å². The molecule has 0 atom stereocenters. The summed E-state index contributed by atoms with van der Waals surface area (Å²) in [4.78, 5) is 16.9. The summed E-state index contributed by atoms with van der Waals surface area (Å²) in [6.07, 6.45) is 0. The van der Waals surface area contributed by atoms with Gasteiger partial charge in [0.1, 0.15) is 11.6 Å². The minimum Gasteiger partial charge on any atom is -0.497 e. The fraction of sp³-hybridized carbons (Fsp3) is 0.143. The van der Waals surface area contributed by atoms with Crippen molar-refractivity contribution in [2.45, 2.75) is 0 Å². The minimum atomic E-state index is -1.16. The van der Waals surface area contributed by atoms with Crippen LogP contribution >= 0.6 is 11.6 Å². The predicted molar refractivity (Wildman–Crippen MR) is 77.3 cm³/mol. The second-order valence-corrected chi connectivity index (χ2v) is 4.47. The first-order valence-electron chi connectivity index (χ1n) is 5.80. The van der Waals surface area contributed by atoms with Crippen LogP contribution in [0.2, 0.25) is 5.02 Å². The van der Waals surface area contributed by atoms with Gasteiger partial charge < -0.3 is 14.7 Å². The van der Waals surface area contributed by atoms with Crippen molar-refractivity contribution in [2.24, 2.45) is 0 Å². The Bertz CT molecular complexity index is 646. The highest BCUT2D eigenvalue weighted by molar-refractivity contribution is 6.33. The molecule has 5 nitrogen and oxygen atoms in total. The number of hydrogen-bond donors (Lipinski definition) is 1. The van der Waals surface area contributed by atoms with Crippen molar-refractivity contribution in [1.82, 2.24) is 4.98 Å². The Balaban J connectivity index is 2.40. The first-order valence-corrected chi connectivity index (χ1v) is 6.18. The lowest BCUT2D eigenvalue weighted by molar-refractivity contribution is 0.0691. The molecule has 0 aliphatic rings. The molecule has 0 saturated carbocycles. The van der Waals surface area contributed by atoms with Gasteiger partial charge in [0.15, 0.2) is 5.69 Å². The average molecular weight is 293 g/mol. The molecule has 0 saturated heterocycles. The van der Waals surface area contributed by atoms with Gasteiger partial charge in [0.25, 0.3) is 0 Å². The van der Waals surface area contributed by atoms with Crippen LogP contribution in [0.15, 0.2) is 36.4 Å². The second kappa shape index (κ2) is 5.79. The van der Waals surface area contributed by atoms with Crippen molar-refractivity contribution >= 4 is 29.1 Å². The lowest BCUT2D eigenvalue weighted by Gasteiger charge is -2.19. The summed E-state index contributed by atoms with van der Waals surface area (Å²) in [7, 11) is 3.37. The van der Waals surface area contributed by atoms with Crippen molar-refractivity contribution < 1.29 is 14.6 Å². The third kappa shape index (κ3) is 2.83. The van der Waals surface area contributed by atoms with Crippen molar-refractivity contribution in [3.8, 4) is 5.75 Å². The largest absolute Gasteiger partial charge is 0.497 e. The molecule has 0 bridgehead atoms. The Kier molecular flexibility index (Phi) is 4.10. The number of aromatic carboxylic acids is 1. The van der Waals surface area contributed by atoms with E-state index >= 15 is 0 Å². The highest BCUT2D eigenvalue weighted by Crippen LogP contribution is 2.27. The van der Waals surface area contributed by atoms with Crippen LogP contribution in [0.1, 0.15) is 10.5 Å². The molecule has 1 N–H and O–H groups in total. The normalized spacial score (nSPS) is 10.2. The van der Waals surface area contributed by atoms with Crippen molar-refractivity contribution in [3.63, 3.8) is 0 Å². The smallest absolute Gasteiger partial charge is 0.356 e. The van der Waals surface area contributed by atoms with Gasteiger partial charge in [-0.15, -0.1) is 0 Å². The summed E-state index contributed by atoms with van der Waals surface area (Å²) in [6.45, 7) is 0. The zero-order chi connectivity index (χ0) is 14.7. The van der Waals surface area contributed by atoms with Crippen LogP contribution in [0.5, 0.6) is 5.75 Å².